The van der Waals surface area contributed by atoms with Crippen LogP contribution in [0.5, 0.6) is 5.75 Å². The number of hydrogen-bond donors (Lipinski definition) is 1. The Kier molecular flexibility index (Phi) is 6.02. The van der Waals surface area contributed by atoms with Gasteiger partial charge < -0.3 is 9.47 Å². The van der Waals surface area contributed by atoms with Crippen LogP contribution in [0.1, 0.15) is 20.8 Å². The van der Waals surface area contributed by atoms with Crippen LogP contribution in [0, 0.1) is 0 Å². The molecule has 0 aliphatic heterocycles. The Morgan fingerprint density at radius 3 is 2.42 bits per heavy atom. The summed E-state index contributed by atoms with van der Waals surface area (Å²) in [4.78, 5) is 13.9. The molecule has 2 aromatic rings. The molecule has 0 spiro atoms. The quantitative estimate of drug-likeness (QED) is 0.738. The van der Waals surface area contributed by atoms with Gasteiger partial charge in [0.2, 0.25) is 0 Å². The molecule has 128 valence electrons. The van der Waals surface area contributed by atoms with Crippen LogP contribution in [0.4, 0.5) is 10.5 Å². The first-order valence-electron chi connectivity index (χ1n) is 7.39. The fourth-order valence-corrected chi connectivity index (χ4v) is 3.08. The number of methoxy groups -OCH3 is 1. The minimum absolute atomic E-state index is 0.418. The van der Waals surface area contributed by atoms with Gasteiger partial charge in [0.05, 0.1) is 17.8 Å². The standard InChI is InChI=1S/C18H20ClNO3S/c1-18(2,3)23-17(21)20-14-10-13(19)15(22-4)11-16(14)24-12-8-6-5-7-9-12/h5-11H,1-4H3,(H,20,21). The summed E-state index contributed by atoms with van der Waals surface area (Å²) in [6, 6.07) is 13.3. The third kappa shape index (κ3) is 5.35. The molecule has 2 aromatic carbocycles. The third-order valence-corrected chi connectivity index (χ3v) is 4.22. The Morgan fingerprint density at radius 1 is 1.17 bits per heavy atom. The summed E-state index contributed by atoms with van der Waals surface area (Å²) in [6.07, 6.45) is -0.529. The van der Waals surface area contributed by atoms with Gasteiger partial charge in [-0.1, -0.05) is 41.6 Å². The van der Waals surface area contributed by atoms with Crippen LogP contribution in [0.15, 0.2) is 52.3 Å². The van der Waals surface area contributed by atoms with E-state index in [-0.39, 0.29) is 0 Å². The maximum Gasteiger partial charge on any atom is 0.412 e. The minimum atomic E-state index is -0.576. The molecule has 0 atom stereocenters. The molecule has 0 saturated heterocycles. The molecule has 0 saturated carbocycles. The van der Waals surface area contributed by atoms with Crippen LogP contribution in [-0.2, 0) is 4.74 Å². The average Bonchev–Trinajstić information content (AvgIpc) is 2.49. The summed E-state index contributed by atoms with van der Waals surface area (Å²) in [7, 11) is 1.55. The predicted molar refractivity (Wildman–Crippen MR) is 98.4 cm³/mol. The fraction of sp³-hybridized carbons (Fsp3) is 0.278. The molecule has 0 radical (unpaired) electrons. The highest BCUT2D eigenvalue weighted by atomic mass is 35.5. The van der Waals surface area contributed by atoms with Crippen molar-refractivity contribution >= 4 is 35.1 Å². The summed E-state index contributed by atoms with van der Waals surface area (Å²) in [5.41, 5.74) is -0.00325. The summed E-state index contributed by atoms with van der Waals surface area (Å²) in [5.74, 6) is 0.546. The minimum Gasteiger partial charge on any atom is -0.495 e. The average molecular weight is 366 g/mol. The number of benzene rings is 2. The first-order valence-corrected chi connectivity index (χ1v) is 8.58. The zero-order valence-corrected chi connectivity index (χ0v) is 15.6. The lowest BCUT2D eigenvalue weighted by molar-refractivity contribution is 0.0635. The fourth-order valence-electron chi connectivity index (χ4n) is 1.90. The van der Waals surface area contributed by atoms with Gasteiger partial charge in [-0.15, -0.1) is 0 Å². The van der Waals surface area contributed by atoms with Crippen molar-refractivity contribution in [2.75, 3.05) is 12.4 Å². The van der Waals surface area contributed by atoms with E-state index in [1.807, 2.05) is 51.1 Å². The lowest BCUT2D eigenvalue weighted by Crippen LogP contribution is -2.27. The van der Waals surface area contributed by atoms with Crippen LogP contribution in [0.3, 0.4) is 0 Å². The number of nitrogens with one attached hydrogen (secondary N) is 1. The number of rotatable bonds is 4. The van der Waals surface area contributed by atoms with E-state index in [1.54, 1.807) is 19.2 Å². The normalized spacial score (nSPS) is 11.0. The van der Waals surface area contributed by atoms with Crippen molar-refractivity contribution < 1.29 is 14.3 Å². The molecular weight excluding hydrogens is 346 g/mol. The summed E-state index contributed by atoms with van der Waals surface area (Å²) < 4.78 is 10.6. The Labute approximate surface area is 151 Å². The van der Waals surface area contributed by atoms with Crippen LogP contribution >= 0.6 is 23.4 Å². The molecule has 0 unspecified atom stereocenters. The highest BCUT2D eigenvalue weighted by molar-refractivity contribution is 7.99. The number of halogens is 1. The van der Waals surface area contributed by atoms with Gasteiger partial charge in [0.1, 0.15) is 11.4 Å². The topological polar surface area (TPSA) is 47.6 Å². The van der Waals surface area contributed by atoms with Crippen molar-refractivity contribution in [3.63, 3.8) is 0 Å². The van der Waals surface area contributed by atoms with Gasteiger partial charge in [-0.2, -0.15) is 0 Å². The Bertz CT molecular complexity index is 714. The smallest absolute Gasteiger partial charge is 0.412 e. The van der Waals surface area contributed by atoms with Gasteiger partial charge in [0.25, 0.3) is 0 Å². The molecule has 1 amide bonds. The van der Waals surface area contributed by atoms with Gasteiger partial charge in [0, 0.05) is 9.79 Å². The molecule has 0 aliphatic carbocycles. The largest absolute Gasteiger partial charge is 0.495 e. The highest BCUT2D eigenvalue weighted by Crippen LogP contribution is 2.39. The van der Waals surface area contributed by atoms with E-state index in [0.29, 0.717) is 16.5 Å². The van der Waals surface area contributed by atoms with Crippen molar-refractivity contribution in [3.05, 3.63) is 47.5 Å². The maximum atomic E-state index is 12.1. The second-order valence-corrected chi connectivity index (χ2v) is 7.55. The second-order valence-electron chi connectivity index (χ2n) is 6.02. The second kappa shape index (κ2) is 7.81. The number of anilines is 1. The Balaban J connectivity index is 2.31. The molecule has 1 N–H and O–H groups in total. The first-order chi connectivity index (χ1) is 11.3. The monoisotopic (exact) mass is 365 g/mol. The SMILES string of the molecule is COc1cc(Sc2ccccc2)c(NC(=O)OC(C)(C)C)cc1Cl. The summed E-state index contributed by atoms with van der Waals surface area (Å²) >= 11 is 7.70. The molecule has 2 rings (SSSR count). The molecule has 24 heavy (non-hydrogen) atoms. The van der Waals surface area contributed by atoms with Gasteiger partial charge in [-0.25, -0.2) is 4.79 Å². The molecule has 0 aromatic heterocycles. The summed E-state index contributed by atoms with van der Waals surface area (Å²) in [5, 5.41) is 3.18. The number of ether oxygens (including phenoxy) is 2. The molecular formula is C18H20ClNO3S. The maximum absolute atomic E-state index is 12.1. The van der Waals surface area contributed by atoms with E-state index in [4.69, 9.17) is 21.1 Å². The van der Waals surface area contributed by atoms with Crippen molar-refractivity contribution in [1.29, 1.82) is 0 Å². The molecule has 0 bridgehead atoms. The van der Waals surface area contributed by atoms with E-state index >= 15 is 0 Å². The highest BCUT2D eigenvalue weighted by Gasteiger charge is 2.19. The molecule has 6 heteroatoms. The third-order valence-electron chi connectivity index (χ3n) is 2.86. The van der Waals surface area contributed by atoms with Crippen LogP contribution in [-0.4, -0.2) is 18.8 Å². The lowest BCUT2D eigenvalue weighted by atomic mass is 10.2. The van der Waals surface area contributed by atoms with E-state index < -0.39 is 11.7 Å². The molecule has 4 nitrogen and oxygen atoms in total. The van der Waals surface area contributed by atoms with Gasteiger partial charge in [0.15, 0.2) is 0 Å². The van der Waals surface area contributed by atoms with E-state index in [0.717, 1.165) is 9.79 Å². The van der Waals surface area contributed by atoms with Gasteiger partial charge in [-0.05, 0) is 45.0 Å². The zero-order chi connectivity index (χ0) is 17.7. The van der Waals surface area contributed by atoms with Crippen LogP contribution in [0.25, 0.3) is 0 Å². The van der Waals surface area contributed by atoms with E-state index in [9.17, 15) is 4.79 Å². The Morgan fingerprint density at radius 2 is 1.83 bits per heavy atom. The van der Waals surface area contributed by atoms with E-state index in [1.165, 1.54) is 11.8 Å². The van der Waals surface area contributed by atoms with Gasteiger partial charge >= 0.3 is 6.09 Å². The lowest BCUT2D eigenvalue weighted by Gasteiger charge is -2.21. The molecule has 0 heterocycles. The first kappa shape index (κ1) is 18.5. The number of carbonyl (C=O) groups is 1. The predicted octanol–water partition coefficient (Wildman–Crippen LogP) is 5.85. The van der Waals surface area contributed by atoms with Gasteiger partial charge in [-0.3, -0.25) is 5.32 Å². The van der Waals surface area contributed by atoms with Crippen LogP contribution < -0.4 is 10.1 Å². The van der Waals surface area contributed by atoms with Crippen LogP contribution in [0.2, 0.25) is 5.02 Å². The number of hydrogen-bond acceptors (Lipinski definition) is 4. The van der Waals surface area contributed by atoms with Crippen molar-refractivity contribution in [2.24, 2.45) is 0 Å². The number of carbonyl (C=O) groups excluding carboxylic acids is 1. The Hall–Kier alpha value is -1.85. The van der Waals surface area contributed by atoms with Crippen molar-refractivity contribution in [3.8, 4) is 5.75 Å². The van der Waals surface area contributed by atoms with E-state index in [2.05, 4.69) is 5.32 Å². The number of amides is 1. The van der Waals surface area contributed by atoms with Crippen molar-refractivity contribution in [2.45, 2.75) is 36.2 Å². The summed E-state index contributed by atoms with van der Waals surface area (Å²) in [6.45, 7) is 5.44. The molecule has 0 fully saturated rings. The van der Waals surface area contributed by atoms with Crippen molar-refractivity contribution in [1.82, 2.24) is 0 Å². The molecule has 0 aliphatic rings. The zero-order valence-electron chi connectivity index (χ0n) is 14.1.